The van der Waals surface area contributed by atoms with E-state index in [-0.39, 0.29) is 11.7 Å². The Morgan fingerprint density at radius 1 is 1.30 bits per heavy atom. The molecule has 110 valence electrons. The van der Waals surface area contributed by atoms with Gasteiger partial charge in [0.15, 0.2) is 0 Å². The summed E-state index contributed by atoms with van der Waals surface area (Å²) >= 11 is 0. The van der Waals surface area contributed by atoms with Crippen molar-refractivity contribution < 1.29 is 18.0 Å². The van der Waals surface area contributed by atoms with Gasteiger partial charge < -0.3 is 10.2 Å². The van der Waals surface area contributed by atoms with Crippen LogP contribution in [0.1, 0.15) is 31.7 Å². The molecule has 1 fully saturated rings. The van der Waals surface area contributed by atoms with E-state index in [2.05, 4.69) is 5.32 Å². The Morgan fingerprint density at radius 3 is 2.65 bits per heavy atom. The second-order valence-electron chi connectivity index (χ2n) is 5.01. The monoisotopic (exact) mass is 286 g/mol. The number of likely N-dealkylation sites (tertiary alicyclic amines) is 1. The Hall–Kier alpha value is -1.72. The van der Waals surface area contributed by atoms with E-state index in [1.807, 2.05) is 6.92 Å². The first-order chi connectivity index (χ1) is 9.39. The van der Waals surface area contributed by atoms with Gasteiger partial charge in [-0.25, -0.2) is 4.79 Å². The lowest BCUT2D eigenvalue weighted by Gasteiger charge is -2.33. The molecule has 0 aliphatic carbocycles. The van der Waals surface area contributed by atoms with Crippen molar-refractivity contribution in [1.29, 1.82) is 0 Å². The van der Waals surface area contributed by atoms with Crippen molar-refractivity contribution in [3.8, 4) is 0 Å². The van der Waals surface area contributed by atoms with Gasteiger partial charge in [0.1, 0.15) is 0 Å². The summed E-state index contributed by atoms with van der Waals surface area (Å²) in [4.78, 5) is 13.7. The number of carbonyl (C=O) groups is 1. The molecule has 1 atom stereocenters. The summed E-state index contributed by atoms with van der Waals surface area (Å²) in [6.45, 7) is 2.50. The van der Waals surface area contributed by atoms with Crippen LogP contribution in [0, 0.1) is 0 Å². The number of alkyl halides is 3. The number of nitrogens with zero attached hydrogens (tertiary/aromatic N) is 1. The van der Waals surface area contributed by atoms with Gasteiger partial charge in [-0.05, 0) is 38.3 Å². The van der Waals surface area contributed by atoms with E-state index in [4.69, 9.17) is 0 Å². The minimum Gasteiger partial charge on any atom is -0.322 e. The van der Waals surface area contributed by atoms with E-state index < -0.39 is 17.8 Å². The first-order valence-corrected chi connectivity index (χ1v) is 6.63. The number of carbonyl (C=O) groups excluding carboxylic acids is 1. The van der Waals surface area contributed by atoms with Gasteiger partial charge in [-0.2, -0.15) is 13.2 Å². The van der Waals surface area contributed by atoms with Crippen LogP contribution >= 0.6 is 0 Å². The van der Waals surface area contributed by atoms with E-state index in [0.717, 1.165) is 25.3 Å². The SMILES string of the molecule is CC1CCCCN1C(=O)Nc1ccccc1C(F)(F)F. The summed E-state index contributed by atoms with van der Waals surface area (Å²) in [6.07, 6.45) is -1.66. The molecule has 0 spiro atoms. The van der Waals surface area contributed by atoms with Crippen molar-refractivity contribution >= 4 is 11.7 Å². The third kappa shape index (κ3) is 3.23. The highest BCUT2D eigenvalue weighted by Crippen LogP contribution is 2.34. The molecule has 1 aliphatic rings. The Kier molecular flexibility index (Phi) is 4.20. The maximum absolute atomic E-state index is 12.9. The fraction of sp³-hybridized carbons (Fsp3) is 0.500. The molecule has 2 rings (SSSR count). The van der Waals surface area contributed by atoms with Gasteiger partial charge in [-0.15, -0.1) is 0 Å². The highest BCUT2D eigenvalue weighted by atomic mass is 19.4. The van der Waals surface area contributed by atoms with Crippen molar-refractivity contribution in [1.82, 2.24) is 4.90 Å². The molecule has 0 aromatic heterocycles. The van der Waals surface area contributed by atoms with E-state index >= 15 is 0 Å². The Labute approximate surface area is 115 Å². The van der Waals surface area contributed by atoms with E-state index in [0.29, 0.717) is 6.54 Å². The predicted octanol–water partition coefficient (Wildman–Crippen LogP) is 4.11. The van der Waals surface area contributed by atoms with Gasteiger partial charge in [0.25, 0.3) is 0 Å². The normalized spacial score (nSPS) is 19.8. The van der Waals surface area contributed by atoms with Crippen molar-refractivity contribution in [2.75, 3.05) is 11.9 Å². The molecule has 1 aliphatic heterocycles. The van der Waals surface area contributed by atoms with E-state index in [1.165, 1.54) is 18.2 Å². The number of benzene rings is 1. The van der Waals surface area contributed by atoms with E-state index in [1.54, 1.807) is 4.90 Å². The topological polar surface area (TPSA) is 32.3 Å². The third-order valence-electron chi connectivity index (χ3n) is 3.54. The maximum atomic E-state index is 12.9. The summed E-state index contributed by atoms with van der Waals surface area (Å²) in [5.74, 6) is 0. The smallest absolute Gasteiger partial charge is 0.322 e. The van der Waals surface area contributed by atoms with Crippen molar-refractivity contribution in [2.45, 2.75) is 38.4 Å². The molecule has 0 saturated carbocycles. The molecule has 1 aromatic carbocycles. The molecule has 1 unspecified atom stereocenters. The van der Waals surface area contributed by atoms with Crippen molar-refractivity contribution in [3.63, 3.8) is 0 Å². The number of hydrogen-bond donors (Lipinski definition) is 1. The molecule has 2 amide bonds. The van der Waals surface area contributed by atoms with Crippen molar-refractivity contribution in [2.24, 2.45) is 0 Å². The van der Waals surface area contributed by atoms with Crippen molar-refractivity contribution in [3.05, 3.63) is 29.8 Å². The summed E-state index contributed by atoms with van der Waals surface area (Å²) in [5, 5.41) is 2.38. The van der Waals surface area contributed by atoms with Gasteiger partial charge in [0.2, 0.25) is 0 Å². The zero-order chi connectivity index (χ0) is 14.8. The van der Waals surface area contributed by atoms with Crippen LogP contribution in [0.5, 0.6) is 0 Å². The largest absolute Gasteiger partial charge is 0.418 e. The first-order valence-electron chi connectivity index (χ1n) is 6.63. The van der Waals surface area contributed by atoms with Crippen LogP contribution in [0.4, 0.5) is 23.7 Å². The summed E-state index contributed by atoms with van der Waals surface area (Å²) < 4.78 is 38.6. The number of nitrogens with one attached hydrogen (secondary N) is 1. The van der Waals surface area contributed by atoms with Crippen LogP contribution in [-0.2, 0) is 6.18 Å². The lowest BCUT2D eigenvalue weighted by molar-refractivity contribution is -0.136. The molecule has 1 saturated heterocycles. The molecular weight excluding hydrogens is 269 g/mol. The number of anilines is 1. The molecule has 1 N–H and O–H groups in total. The number of halogens is 3. The fourth-order valence-corrected chi connectivity index (χ4v) is 2.43. The summed E-state index contributed by atoms with van der Waals surface area (Å²) in [6, 6.07) is 4.62. The number of para-hydroxylation sites is 1. The van der Waals surface area contributed by atoms with E-state index in [9.17, 15) is 18.0 Å². The van der Waals surface area contributed by atoms with Crippen LogP contribution in [0.3, 0.4) is 0 Å². The molecule has 0 bridgehead atoms. The lowest BCUT2D eigenvalue weighted by Crippen LogP contribution is -2.44. The maximum Gasteiger partial charge on any atom is 0.418 e. The van der Waals surface area contributed by atoms with Crippen LogP contribution in [0.25, 0.3) is 0 Å². The van der Waals surface area contributed by atoms with Gasteiger partial charge in [-0.1, -0.05) is 12.1 Å². The molecular formula is C14H17F3N2O. The van der Waals surface area contributed by atoms with Gasteiger partial charge in [-0.3, -0.25) is 0 Å². The zero-order valence-corrected chi connectivity index (χ0v) is 11.2. The average Bonchev–Trinajstić information content (AvgIpc) is 2.38. The Morgan fingerprint density at radius 2 is 2.00 bits per heavy atom. The number of hydrogen-bond acceptors (Lipinski definition) is 1. The Bertz CT molecular complexity index is 488. The van der Waals surface area contributed by atoms with Crippen LogP contribution < -0.4 is 5.32 Å². The minimum absolute atomic E-state index is 0.0572. The second kappa shape index (κ2) is 5.73. The minimum atomic E-state index is -4.47. The molecule has 6 heteroatoms. The number of urea groups is 1. The molecule has 1 aromatic rings. The zero-order valence-electron chi connectivity index (χ0n) is 11.2. The summed E-state index contributed by atoms with van der Waals surface area (Å²) in [5.41, 5.74) is -1.01. The highest BCUT2D eigenvalue weighted by Gasteiger charge is 2.34. The lowest BCUT2D eigenvalue weighted by atomic mass is 10.0. The fourth-order valence-electron chi connectivity index (χ4n) is 2.43. The standard InChI is InChI=1S/C14H17F3N2O/c1-10-6-4-5-9-19(10)13(20)18-12-8-3-2-7-11(12)14(15,16)17/h2-3,7-8,10H,4-6,9H2,1H3,(H,18,20). The molecule has 20 heavy (non-hydrogen) atoms. The second-order valence-corrected chi connectivity index (χ2v) is 5.01. The van der Waals surface area contributed by atoms with Crippen LogP contribution in [0.2, 0.25) is 0 Å². The molecule has 1 heterocycles. The Balaban J connectivity index is 2.16. The average molecular weight is 286 g/mol. The number of piperidine rings is 1. The third-order valence-corrected chi connectivity index (χ3v) is 3.54. The highest BCUT2D eigenvalue weighted by molar-refractivity contribution is 5.90. The first kappa shape index (κ1) is 14.7. The van der Waals surface area contributed by atoms with Gasteiger partial charge in [0.05, 0.1) is 11.3 Å². The molecule has 3 nitrogen and oxygen atoms in total. The van der Waals surface area contributed by atoms with Gasteiger partial charge in [0, 0.05) is 12.6 Å². The van der Waals surface area contributed by atoms with Gasteiger partial charge >= 0.3 is 12.2 Å². The van der Waals surface area contributed by atoms with Crippen LogP contribution in [0.15, 0.2) is 24.3 Å². The van der Waals surface area contributed by atoms with Crippen LogP contribution in [-0.4, -0.2) is 23.5 Å². The predicted molar refractivity (Wildman–Crippen MR) is 70.5 cm³/mol. The molecule has 0 radical (unpaired) electrons. The quantitative estimate of drug-likeness (QED) is 0.827. The number of amides is 2. The number of rotatable bonds is 1. The summed E-state index contributed by atoms with van der Waals surface area (Å²) in [7, 11) is 0.